The molecule has 4 nitrogen and oxygen atoms in total. The van der Waals surface area contributed by atoms with Crippen molar-refractivity contribution in [1.29, 1.82) is 0 Å². The van der Waals surface area contributed by atoms with Crippen molar-refractivity contribution in [3.8, 4) is 11.5 Å². The van der Waals surface area contributed by atoms with Crippen molar-refractivity contribution in [1.82, 2.24) is 10.2 Å². The standard InChI is InChI=1S/C16H24Br2N2O2/c1-3-4-5-12(20-8-6-19-7-9-20)11-10-13(22-2)16(21)15(18)14(11)17/h10,12,19,21H,3-9H2,1-2H3/t12-/m0/s1. The molecule has 1 aromatic carbocycles. The molecule has 0 radical (unpaired) electrons. The van der Waals surface area contributed by atoms with E-state index in [1.54, 1.807) is 7.11 Å². The van der Waals surface area contributed by atoms with Gasteiger partial charge in [-0.2, -0.15) is 0 Å². The molecule has 0 unspecified atom stereocenters. The lowest BCUT2D eigenvalue weighted by atomic mass is 9.98. The fourth-order valence-corrected chi connectivity index (χ4v) is 3.93. The predicted molar refractivity (Wildman–Crippen MR) is 96.8 cm³/mol. The van der Waals surface area contributed by atoms with Crippen LogP contribution in [-0.4, -0.2) is 43.3 Å². The first-order chi connectivity index (χ1) is 10.6. The molecule has 1 atom stereocenters. The van der Waals surface area contributed by atoms with Gasteiger partial charge in [-0.05, 0) is 49.9 Å². The van der Waals surface area contributed by atoms with Crippen molar-refractivity contribution in [2.75, 3.05) is 33.3 Å². The summed E-state index contributed by atoms with van der Waals surface area (Å²) in [5, 5.41) is 13.6. The highest BCUT2D eigenvalue weighted by Gasteiger charge is 2.26. The van der Waals surface area contributed by atoms with Crippen LogP contribution in [0.2, 0.25) is 0 Å². The Morgan fingerprint density at radius 1 is 1.32 bits per heavy atom. The van der Waals surface area contributed by atoms with Crippen LogP contribution >= 0.6 is 31.9 Å². The average Bonchev–Trinajstić information content (AvgIpc) is 2.55. The van der Waals surface area contributed by atoms with E-state index in [4.69, 9.17) is 4.74 Å². The summed E-state index contributed by atoms with van der Waals surface area (Å²) in [6, 6.07) is 2.30. The van der Waals surface area contributed by atoms with E-state index in [-0.39, 0.29) is 5.75 Å². The molecule has 0 aromatic heterocycles. The van der Waals surface area contributed by atoms with Crippen LogP contribution in [0.25, 0.3) is 0 Å². The number of halogens is 2. The van der Waals surface area contributed by atoms with Crippen LogP contribution < -0.4 is 10.1 Å². The molecule has 0 amide bonds. The maximum absolute atomic E-state index is 10.1. The van der Waals surface area contributed by atoms with Crippen molar-refractivity contribution in [3.05, 3.63) is 20.6 Å². The molecule has 2 rings (SSSR count). The van der Waals surface area contributed by atoms with Crippen LogP contribution in [-0.2, 0) is 0 Å². The Morgan fingerprint density at radius 3 is 2.59 bits per heavy atom. The summed E-state index contributed by atoms with van der Waals surface area (Å²) in [6.07, 6.45) is 3.47. The summed E-state index contributed by atoms with van der Waals surface area (Å²) in [5.41, 5.74) is 1.18. The van der Waals surface area contributed by atoms with Gasteiger partial charge in [-0.3, -0.25) is 4.90 Å². The second-order valence-corrected chi connectivity index (χ2v) is 7.17. The Balaban J connectivity index is 2.39. The third-order valence-corrected chi connectivity index (χ3v) is 6.33. The number of nitrogens with one attached hydrogen (secondary N) is 1. The lowest BCUT2D eigenvalue weighted by molar-refractivity contribution is 0.162. The summed E-state index contributed by atoms with van der Waals surface area (Å²) in [5.74, 6) is 0.661. The summed E-state index contributed by atoms with van der Waals surface area (Å²) in [6.45, 7) is 6.35. The van der Waals surface area contributed by atoms with Gasteiger partial charge in [-0.15, -0.1) is 0 Å². The van der Waals surface area contributed by atoms with Gasteiger partial charge in [-0.25, -0.2) is 0 Å². The van der Waals surface area contributed by atoms with Crippen LogP contribution in [0.15, 0.2) is 15.0 Å². The largest absolute Gasteiger partial charge is 0.503 e. The van der Waals surface area contributed by atoms with Crippen molar-refractivity contribution in [2.24, 2.45) is 0 Å². The number of hydrogen-bond acceptors (Lipinski definition) is 4. The Kier molecular flexibility index (Phi) is 6.99. The molecule has 1 fully saturated rings. The first kappa shape index (κ1) is 18.0. The Bertz CT molecular complexity index is 505. The molecule has 2 N–H and O–H groups in total. The summed E-state index contributed by atoms with van der Waals surface area (Å²) in [7, 11) is 1.59. The number of rotatable bonds is 6. The zero-order valence-corrected chi connectivity index (χ0v) is 16.3. The fraction of sp³-hybridized carbons (Fsp3) is 0.625. The highest BCUT2D eigenvalue weighted by Crippen LogP contribution is 2.45. The summed E-state index contributed by atoms with van der Waals surface area (Å²) < 4.78 is 6.92. The number of aromatic hydroxyl groups is 1. The summed E-state index contributed by atoms with van der Waals surface area (Å²) in [4.78, 5) is 2.52. The number of unbranched alkanes of at least 4 members (excludes halogenated alkanes) is 1. The molecule has 0 spiro atoms. The highest BCUT2D eigenvalue weighted by molar-refractivity contribution is 9.13. The first-order valence-electron chi connectivity index (χ1n) is 7.79. The van der Waals surface area contributed by atoms with Crippen molar-refractivity contribution >= 4 is 31.9 Å². The Labute approximate surface area is 149 Å². The summed E-state index contributed by atoms with van der Waals surface area (Å²) >= 11 is 7.12. The molecule has 1 heterocycles. The van der Waals surface area contributed by atoms with Gasteiger partial charge in [0.2, 0.25) is 0 Å². The van der Waals surface area contributed by atoms with E-state index in [1.807, 2.05) is 6.07 Å². The maximum atomic E-state index is 10.1. The zero-order chi connectivity index (χ0) is 16.1. The second kappa shape index (κ2) is 8.52. The molecule has 0 bridgehead atoms. The van der Waals surface area contributed by atoms with Gasteiger partial charge in [0.1, 0.15) is 0 Å². The van der Waals surface area contributed by atoms with Crippen molar-refractivity contribution < 1.29 is 9.84 Å². The first-order valence-corrected chi connectivity index (χ1v) is 9.38. The molecule has 1 aliphatic heterocycles. The minimum Gasteiger partial charge on any atom is -0.503 e. The normalized spacial score (nSPS) is 17.5. The minimum absolute atomic E-state index is 0.146. The van der Waals surface area contributed by atoms with E-state index in [1.165, 1.54) is 18.4 Å². The molecule has 1 saturated heterocycles. The lowest BCUT2D eigenvalue weighted by Gasteiger charge is -2.36. The topological polar surface area (TPSA) is 44.7 Å². The third kappa shape index (κ3) is 3.96. The molecular weight excluding hydrogens is 412 g/mol. The van der Waals surface area contributed by atoms with Crippen molar-refractivity contribution in [2.45, 2.75) is 32.2 Å². The molecule has 0 aliphatic carbocycles. The molecule has 124 valence electrons. The smallest absolute Gasteiger partial charge is 0.173 e. The van der Waals surface area contributed by atoms with Crippen molar-refractivity contribution in [3.63, 3.8) is 0 Å². The van der Waals surface area contributed by atoms with Gasteiger partial charge in [0.05, 0.1) is 11.6 Å². The van der Waals surface area contributed by atoms with E-state index in [0.717, 1.165) is 37.1 Å². The molecule has 6 heteroatoms. The number of nitrogens with zero attached hydrogens (tertiary/aromatic N) is 1. The zero-order valence-electron chi connectivity index (χ0n) is 13.2. The van der Waals surface area contributed by atoms with Crippen LogP contribution in [0.1, 0.15) is 37.8 Å². The number of ether oxygens (including phenoxy) is 1. The quantitative estimate of drug-likeness (QED) is 0.707. The van der Waals surface area contributed by atoms with E-state index in [9.17, 15) is 5.11 Å². The predicted octanol–water partition coefficient (Wildman–Crippen LogP) is 4.06. The number of hydrogen-bond donors (Lipinski definition) is 2. The van der Waals surface area contributed by atoms with Crippen LogP contribution in [0.5, 0.6) is 11.5 Å². The minimum atomic E-state index is 0.146. The second-order valence-electron chi connectivity index (χ2n) is 5.59. The molecule has 0 saturated carbocycles. The van der Waals surface area contributed by atoms with E-state index >= 15 is 0 Å². The van der Waals surface area contributed by atoms with Gasteiger partial charge in [-0.1, -0.05) is 19.8 Å². The van der Waals surface area contributed by atoms with E-state index in [2.05, 4.69) is 49.0 Å². The van der Waals surface area contributed by atoms with Gasteiger partial charge < -0.3 is 15.2 Å². The SMILES string of the molecule is CCCC[C@@H](c1cc(OC)c(O)c(Br)c1Br)N1CCNCC1. The van der Waals surface area contributed by atoms with Gasteiger partial charge >= 0.3 is 0 Å². The van der Waals surface area contributed by atoms with Crippen LogP contribution in [0.4, 0.5) is 0 Å². The Morgan fingerprint density at radius 2 is 2.00 bits per heavy atom. The third-order valence-electron chi connectivity index (χ3n) is 4.18. The molecule has 1 aliphatic rings. The van der Waals surface area contributed by atoms with Crippen LogP contribution in [0, 0.1) is 0 Å². The lowest BCUT2D eigenvalue weighted by Crippen LogP contribution is -2.45. The van der Waals surface area contributed by atoms with Gasteiger partial charge in [0.25, 0.3) is 0 Å². The van der Waals surface area contributed by atoms with E-state index in [0.29, 0.717) is 16.3 Å². The van der Waals surface area contributed by atoms with E-state index < -0.39 is 0 Å². The van der Waals surface area contributed by atoms with Gasteiger partial charge in [0, 0.05) is 36.7 Å². The molecule has 22 heavy (non-hydrogen) atoms. The number of piperazine rings is 1. The Hall–Kier alpha value is -0.300. The highest BCUT2D eigenvalue weighted by atomic mass is 79.9. The fourth-order valence-electron chi connectivity index (χ4n) is 2.94. The van der Waals surface area contributed by atoms with Gasteiger partial charge in [0.15, 0.2) is 11.5 Å². The average molecular weight is 436 g/mol. The number of methoxy groups -OCH3 is 1. The number of phenolic OH excluding ortho intramolecular Hbond substituents is 1. The number of benzene rings is 1. The van der Waals surface area contributed by atoms with Crippen LogP contribution in [0.3, 0.4) is 0 Å². The molecule has 1 aromatic rings. The number of phenols is 1. The maximum Gasteiger partial charge on any atom is 0.173 e. The monoisotopic (exact) mass is 434 g/mol. The molecular formula is C16H24Br2N2O2.